The molecule has 0 saturated carbocycles. The van der Waals surface area contributed by atoms with Gasteiger partial charge in [-0.15, -0.1) is 0 Å². The van der Waals surface area contributed by atoms with Gasteiger partial charge in [0.25, 0.3) is 5.91 Å². The maximum absolute atomic E-state index is 13.5. The molecule has 1 aromatic heterocycles. The van der Waals surface area contributed by atoms with Crippen molar-refractivity contribution in [3.8, 4) is 28.4 Å². The van der Waals surface area contributed by atoms with E-state index in [2.05, 4.69) is 10.6 Å². The summed E-state index contributed by atoms with van der Waals surface area (Å²) in [7, 11) is 4.67. The van der Waals surface area contributed by atoms with Gasteiger partial charge in [0, 0.05) is 51.6 Å². The second-order valence-electron chi connectivity index (χ2n) is 11.3. The Hall–Kier alpha value is -5.00. The van der Waals surface area contributed by atoms with E-state index in [-0.39, 0.29) is 23.2 Å². The molecule has 0 unspecified atom stereocenters. The Balaban J connectivity index is 1.30. The number of methoxy groups -OCH3 is 3. The molecule has 3 amide bonds. The van der Waals surface area contributed by atoms with Crippen LogP contribution in [0.25, 0.3) is 11.1 Å². The standard InChI is InChI=1S/C34H40N4O8/c1-21(39)36-25-11-9-22-19-29(43-2)32(44-3)33(45-4)31(22)23-10-12-26(27(40)20-24(23)25)35-13-5-8-30(41)37-14-16-38(17-15-37)34(42)28-7-6-18-46-28/h6-7,10,12,18-20,25H,5,8-9,11,13-17H2,1-4H3,(H,35,40)(H,36,39)/t25-/m1/s1. The molecule has 3 aromatic rings. The number of fused-ring (bicyclic) bond motifs is 3. The number of amides is 3. The minimum absolute atomic E-state index is 0.00537. The predicted molar refractivity (Wildman–Crippen MR) is 172 cm³/mol. The van der Waals surface area contributed by atoms with Crippen LogP contribution in [0.4, 0.5) is 5.69 Å². The molecule has 5 rings (SSSR count). The van der Waals surface area contributed by atoms with E-state index in [1.807, 2.05) is 12.1 Å². The molecule has 0 radical (unpaired) electrons. The summed E-state index contributed by atoms with van der Waals surface area (Å²) in [4.78, 5) is 54.5. The first-order chi connectivity index (χ1) is 22.2. The summed E-state index contributed by atoms with van der Waals surface area (Å²) in [5.74, 6) is 1.39. The zero-order valence-corrected chi connectivity index (χ0v) is 26.6. The van der Waals surface area contributed by atoms with Crippen LogP contribution in [0.3, 0.4) is 0 Å². The molecule has 2 aromatic carbocycles. The van der Waals surface area contributed by atoms with E-state index < -0.39 is 6.04 Å². The molecule has 244 valence electrons. The Kier molecular flexibility index (Phi) is 10.1. The minimum Gasteiger partial charge on any atom is -0.493 e. The van der Waals surface area contributed by atoms with Crippen LogP contribution in [-0.2, 0) is 16.0 Å². The summed E-state index contributed by atoms with van der Waals surface area (Å²) in [6.07, 6.45) is 3.47. The van der Waals surface area contributed by atoms with E-state index in [0.717, 1.165) is 16.7 Å². The van der Waals surface area contributed by atoms with Crippen molar-refractivity contribution in [2.45, 2.75) is 38.6 Å². The third-order valence-corrected chi connectivity index (χ3v) is 8.45. The highest BCUT2D eigenvalue weighted by atomic mass is 16.5. The number of hydrogen-bond acceptors (Lipinski definition) is 9. The number of hydrogen-bond donors (Lipinski definition) is 2. The first kappa shape index (κ1) is 32.4. The summed E-state index contributed by atoms with van der Waals surface area (Å²) >= 11 is 0. The fourth-order valence-corrected chi connectivity index (χ4v) is 6.19. The van der Waals surface area contributed by atoms with Crippen LogP contribution in [0.5, 0.6) is 17.2 Å². The van der Waals surface area contributed by atoms with Crippen molar-refractivity contribution in [2.24, 2.45) is 0 Å². The molecule has 0 bridgehead atoms. The SMILES string of the molecule is COc1cc2c(c(OC)c1OC)-c1ccc(NCCCC(=O)N3CCN(C(=O)c4ccco4)CC3)c(=O)cc1[C@H](NC(C)=O)CC2. The van der Waals surface area contributed by atoms with Gasteiger partial charge in [-0.3, -0.25) is 19.2 Å². The molecule has 2 N–H and O–H groups in total. The van der Waals surface area contributed by atoms with Gasteiger partial charge in [0.05, 0.1) is 39.3 Å². The van der Waals surface area contributed by atoms with Gasteiger partial charge in [-0.2, -0.15) is 0 Å². The Bertz CT molecular complexity index is 1650. The number of furan rings is 1. The number of anilines is 1. The number of carbonyl (C=O) groups is 3. The maximum atomic E-state index is 13.5. The van der Waals surface area contributed by atoms with E-state index in [4.69, 9.17) is 18.6 Å². The summed E-state index contributed by atoms with van der Waals surface area (Å²) in [6.45, 7) is 3.68. The number of aryl methyl sites for hydroxylation is 1. The van der Waals surface area contributed by atoms with E-state index in [1.54, 1.807) is 55.4 Å². The minimum atomic E-state index is -0.401. The van der Waals surface area contributed by atoms with Crippen LogP contribution in [0.15, 0.2) is 51.9 Å². The quantitative estimate of drug-likeness (QED) is 0.321. The van der Waals surface area contributed by atoms with Gasteiger partial charge in [0.2, 0.25) is 23.0 Å². The Morgan fingerprint density at radius 2 is 1.70 bits per heavy atom. The van der Waals surface area contributed by atoms with E-state index in [0.29, 0.717) is 92.7 Å². The Labute approximate surface area is 267 Å². The summed E-state index contributed by atoms with van der Waals surface area (Å²) in [5, 5.41) is 6.22. The number of piperazine rings is 1. The zero-order chi connectivity index (χ0) is 32.8. The number of nitrogens with zero attached hydrogens (tertiary/aromatic N) is 2. The lowest BCUT2D eigenvalue weighted by molar-refractivity contribution is -0.132. The molecular formula is C34H40N4O8. The zero-order valence-electron chi connectivity index (χ0n) is 26.6. The molecular weight excluding hydrogens is 592 g/mol. The average Bonchev–Trinajstić information content (AvgIpc) is 3.51. The molecule has 2 aliphatic rings. The van der Waals surface area contributed by atoms with Crippen LogP contribution in [0.1, 0.15) is 53.9 Å². The highest BCUT2D eigenvalue weighted by molar-refractivity contribution is 5.91. The van der Waals surface area contributed by atoms with Crippen LogP contribution >= 0.6 is 0 Å². The first-order valence-corrected chi connectivity index (χ1v) is 15.4. The van der Waals surface area contributed by atoms with Gasteiger partial charge in [0.15, 0.2) is 17.3 Å². The molecule has 12 heteroatoms. The van der Waals surface area contributed by atoms with Gasteiger partial charge in [0.1, 0.15) is 0 Å². The molecule has 46 heavy (non-hydrogen) atoms. The molecule has 12 nitrogen and oxygen atoms in total. The van der Waals surface area contributed by atoms with Crippen molar-refractivity contribution in [3.05, 3.63) is 69.8 Å². The van der Waals surface area contributed by atoms with Crippen molar-refractivity contribution in [1.82, 2.24) is 15.1 Å². The fourth-order valence-electron chi connectivity index (χ4n) is 6.19. The lowest BCUT2D eigenvalue weighted by Crippen LogP contribution is -2.50. The number of ether oxygens (including phenoxy) is 3. The summed E-state index contributed by atoms with van der Waals surface area (Å²) in [6, 6.07) is 9.98. The second kappa shape index (κ2) is 14.4. The normalized spacial score (nSPS) is 15.6. The van der Waals surface area contributed by atoms with Crippen molar-refractivity contribution in [1.29, 1.82) is 0 Å². The monoisotopic (exact) mass is 632 g/mol. The Morgan fingerprint density at radius 1 is 0.957 bits per heavy atom. The summed E-state index contributed by atoms with van der Waals surface area (Å²) in [5.41, 5.74) is 3.30. The predicted octanol–water partition coefficient (Wildman–Crippen LogP) is 3.63. The molecule has 1 fully saturated rings. The van der Waals surface area contributed by atoms with Crippen molar-refractivity contribution >= 4 is 23.4 Å². The number of benzene rings is 1. The fraction of sp³-hybridized carbons (Fsp3) is 0.412. The topological polar surface area (TPSA) is 140 Å². The Morgan fingerprint density at radius 3 is 2.35 bits per heavy atom. The molecule has 1 saturated heterocycles. The van der Waals surface area contributed by atoms with Crippen LogP contribution in [0, 0.1) is 0 Å². The molecule has 0 spiro atoms. The van der Waals surface area contributed by atoms with Crippen LogP contribution in [0.2, 0.25) is 0 Å². The number of rotatable bonds is 10. The number of carbonyl (C=O) groups excluding carboxylic acids is 3. The van der Waals surface area contributed by atoms with Crippen LogP contribution < -0.4 is 30.3 Å². The lowest BCUT2D eigenvalue weighted by Gasteiger charge is -2.34. The van der Waals surface area contributed by atoms with Crippen molar-refractivity contribution in [3.63, 3.8) is 0 Å². The highest BCUT2D eigenvalue weighted by Crippen LogP contribution is 2.50. The third-order valence-electron chi connectivity index (χ3n) is 8.45. The van der Waals surface area contributed by atoms with E-state index >= 15 is 0 Å². The largest absolute Gasteiger partial charge is 0.493 e. The molecule has 1 aliphatic heterocycles. The molecule has 1 atom stereocenters. The van der Waals surface area contributed by atoms with Gasteiger partial charge < -0.3 is 39.1 Å². The first-order valence-electron chi connectivity index (χ1n) is 15.4. The van der Waals surface area contributed by atoms with Crippen molar-refractivity contribution < 1.29 is 33.0 Å². The van der Waals surface area contributed by atoms with Gasteiger partial charge in [-0.25, -0.2) is 0 Å². The van der Waals surface area contributed by atoms with Gasteiger partial charge in [-0.05, 0) is 66.3 Å². The third kappa shape index (κ3) is 6.80. The van der Waals surface area contributed by atoms with Crippen molar-refractivity contribution in [2.75, 3.05) is 59.4 Å². The average molecular weight is 633 g/mol. The second-order valence-corrected chi connectivity index (χ2v) is 11.3. The van der Waals surface area contributed by atoms with Crippen LogP contribution in [-0.4, -0.2) is 81.6 Å². The van der Waals surface area contributed by atoms with Gasteiger partial charge >= 0.3 is 0 Å². The highest BCUT2D eigenvalue weighted by Gasteiger charge is 2.30. The number of nitrogens with one attached hydrogen (secondary N) is 2. The lowest BCUT2D eigenvalue weighted by atomic mass is 9.95. The van der Waals surface area contributed by atoms with E-state index in [1.165, 1.54) is 13.2 Å². The maximum Gasteiger partial charge on any atom is 0.289 e. The van der Waals surface area contributed by atoms with Gasteiger partial charge in [-0.1, -0.05) is 6.07 Å². The smallest absolute Gasteiger partial charge is 0.289 e. The molecule has 1 aliphatic carbocycles. The summed E-state index contributed by atoms with van der Waals surface area (Å²) < 4.78 is 22.3. The molecule has 2 heterocycles. The van der Waals surface area contributed by atoms with E-state index in [9.17, 15) is 19.2 Å².